The highest BCUT2D eigenvalue weighted by atomic mass is 19.4. The van der Waals surface area contributed by atoms with Crippen LogP contribution in [0.25, 0.3) is 10.9 Å². The normalized spacial score (nSPS) is 15.0. The molecule has 9 heteroatoms. The highest BCUT2D eigenvalue weighted by Gasteiger charge is 2.53. The number of halogens is 4. The average molecular weight is 463 g/mol. The van der Waals surface area contributed by atoms with E-state index >= 15 is 0 Å². The van der Waals surface area contributed by atoms with Gasteiger partial charge in [-0.25, -0.2) is 14.4 Å². The molecule has 3 aromatic rings. The summed E-state index contributed by atoms with van der Waals surface area (Å²) in [5.41, 5.74) is -2.25. The van der Waals surface area contributed by atoms with Gasteiger partial charge in [-0.3, -0.25) is 4.99 Å². The van der Waals surface area contributed by atoms with Crippen molar-refractivity contribution in [3.8, 4) is 5.75 Å². The van der Waals surface area contributed by atoms with E-state index in [-0.39, 0.29) is 23.4 Å². The Morgan fingerprint density at radius 2 is 1.88 bits per heavy atom. The van der Waals surface area contributed by atoms with Crippen LogP contribution in [-0.2, 0) is 6.42 Å². The smallest absolute Gasteiger partial charge is 0.422 e. The molecule has 0 amide bonds. The van der Waals surface area contributed by atoms with Crippen molar-refractivity contribution >= 4 is 22.8 Å². The van der Waals surface area contributed by atoms with Gasteiger partial charge in [-0.2, -0.15) is 13.2 Å². The first kappa shape index (κ1) is 24.6. The van der Waals surface area contributed by atoms with Crippen LogP contribution in [0, 0.1) is 5.82 Å². The van der Waals surface area contributed by atoms with Crippen LogP contribution in [-0.4, -0.2) is 40.2 Å². The van der Waals surface area contributed by atoms with Crippen LogP contribution >= 0.6 is 0 Å². The molecule has 0 aliphatic heterocycles. The van der Waals surface area contributed by atoms with Crippen LogP contribution in [0.3, 0.4) is 0 Å². The molecule has 0 saturated heterocycles. The lowest BCUT2D eigenvalue weighted by atomic mass is 9.84. The Kier molecular flexibility index (Phi) is 7.31. The summed E-state index contributed by atoms with van der Waals surface area (Å²) in [5, 5.41) is 11.2. The number of para-hydroxylation sites is 1. The number of alkyl halides is 3. The van der Waals surface area contributed by atoms with Crippen LogP contribution in [0.4, 0.5) is 23.2 Å². The third-order valence-corrected chi connectivity index (χ3v) is 5.57. The first-order valence-corrected chi connectivity index (χ1v) is 10.5. The minimum absolute atomic E-state index is 0.135. The molecule has 2 aromatic carbocycles. The van der Waals surface area contributed by atoms with Crippen molar-refractivity contribution in [3.05, 3.63) is 59.8 Å². The summed E-state index contributed by atoms with van der Waals surface area (Å²) in [6, 6.07) is 8.93. The SMILES string of the molecule is CCc1ncc2c(/N=C/C(O)(CC(CC)c3cccc(F)c3OC)C(F)(F)F)cccc2n1. The topological polar surface area (TPSA) is 67.6 Å². The molecule has 0 aliphatic rings. The summed E-state index contributed by atoms with van der Waals surface area (Å²) in [4.78, 5) is 12.5. The van der Waals surface area contributed by atoms with Gasteiger partial charge in [0.25, 0.3) is 0 Å². The quantitative estimate of drug-likeness (QED) is 0.333. The number of fused-ring (bicyclic) bond motifs is 1. The highest BCUT2D eigenvalue weighted by molar-refractivity contribution is 5.91. The van der Waals surface area contributed by atoms with Crippen molar-refractivity contribution in [2.24, 2.45) is 4.99 Å². The molecule has 0 radical (unpaired) electrons. The number of aromatic nitrogens is 2. The van der Waals surface area contributed by atoms with E-state index in [0.29, 0.717) is 29.4 Å². The third kappa shape index (κ3) is 5.13. The van der Waals surface area contributed by atoms with E-state index in [1.807, 2.05) is 6.92 Å². The van der Waals surface area contributed by atoms with Crippen LogP contribution < -0.4 is 4.74 Å². The molecular formula is C24H25F4N3O2. The summed E-state index contributed by atoms with van der Waals surface area (Å²) < 4.78 is 61.3. The first-order valence-electron chi connectivity index (χ1n) is 10.5. The Morgan fingerprint density at radius 1 is 1.15 bits per heavy atom. The standard InChI is InChI=1S/C24H25F4N3O2/c1-4-15(16-8-6-9-18(25)22(16)33-3)12-23(32,24(26,27)28)14-30-19-10-7-11-20-17(19)13-29-21(5-2)31-20/h6-11,13-15,32H,4-5,12H2,1-3H3/b30-14+. The lowest BCUT2D eigenvalue weighted by molar-refractivity contribution is -0.232. The summed E-state index contributed by atoms with van der Waals surface area (Å²) >= 11 is 0. The molecule has 0 saturated carbocycles. The first-order chi connectivity index (χ1) is 15.6. The van der Waals surface area contributed by atoms with Gasteiger partial charge in [-0.15, -0.1) is 0 Å². The number of aryl methyl sites for hydroxylation is 1. The number of benzene rings is 2. The van der Waals surface area contributed by atoms with Gasteiger partial charge in [0.2, 0.25) is 0 Å². The van der Waals surface area contributed by atoms with E-state index in [9.17, 15) is 22.7 Å². The third-order valence-electron chi connectivity index (χ3n) is 5.57. The second-order valence-electron chi connectivity index (χ2n) is 7.70. The molecule has 2 atom stereocenters. The Balaban J connectivity index is 2.01. The van der Waals surface area contributed by atoms with Gasteiger partial charge in [-0.05, 0) is 37.0 Å². The molecule has 0 bridgehead atoms. The number of rotatable bonds is 8. The maximum atomic E-state index is 14.1. The largest absolute Gasteiger partial charge is 0.493 e. The molecule has 176 valence electrons. The van der Waals surface area contributed by atoms with Gasteiger partial charge in [0.1, 0.15) is 5.82 Å². The monoisotopic (exact) mass is 463 g/mol. The molecular weight excluding hydrogens is 438 g/mol. The number of ether oxygens (including phenoxy) is 1. The molecule has 5 nitrogen and oxygen atoms in total. The molecule has 0 spiro atoms. The molecule has 0 aliphatic carbocycles. The van der Waals surface area contributed by atoms with Crippen LogP contribution in [0.15, 0.2) is 47.6 Å². The van der Waals surface area contributed by atoms with Crippen LogP contribution in [0.2, 0.25) is 0 Å². The number of nitrogens with zero attached hydrogens (tertiary/aromatic N) is 3. The lowest BCUT2D eigenvalue weighted by Crippen LogP contribution is -2.47. The zero-order chi connectivity index (χ0) is 24.2. The second kappa shape index (κ2) is 9.82. The highest BCUT2D eigenvalue weighted by Crippen LogP contribution is 2.42. The van der Waals surface area contributed by atoms with Crippen molar-refractivity contribution < 1.29 is 27.4 Å². The zero-order valence-corrected chi connectivity index (χ0v) is 18.5. The maximum absolute atomic E-state index is 14.1. The summed E-state index contributed by atoms with van der Waals surface area (Å²) in [6.07, 6.45) is -2.93. The van der Waals surface area contributed by atoms with Gasteiger partial charge in [0.15, 0.2) is 17.2 Å². The van der Waals surface area contributed by atoms with Gasteiger partial charge in [0.05, 0.1) is 18.3 Å². The van der Waals surface area contributed by atoms with E-state index in [0.717, 1.165) is 0 Å². The minimum Gasteiger partial charge on any atom is -0.493 e. The molecule has 3 rings (SSSR count). The molecule has 2 unspecified atom stereocenters. The fourth-order valence-electron chi connectivity index (χ4n) is 3.69. The van der Waals surface area contributed by atoms with Crippen molar-refractivity contribution in [2.75, 3.05) is 7.11 Å². The Hall–Kier alpha value is -3.07. The molecule has 1 N–H and O–H groups in total. The minimum atomic E-state index is -5.01. The number of hydrogen-bond donors (Lipinski definition) is 1. The predicted octanol–water partition coefficient (Wildman–Crippen LogP) is 5.92. The van der Waals surface area contributed by atoms with Gasteiger partial charge in [-0.1, -0.05) is 32.0 Å². The van der Waals surface area contributed by atoms with Gasteiger partial charge in [0, 0.05) is 29.8 Å². The molecule has 0 fully saturated rings. The van der Waals surface area contributed by atoms with E-state index in [4.69, 9.17) is 4.74 Å². The Bertz CT molecular complexity index is 1150. The Labute approximate surface area is 189 Å². The van der Waals surface area contributed by atoms with Gasteiger partial charge >= 0.3 is 6.18 Å². The number of aliphatic imine (C=N–C) groups is 1. The predicted molar refractivity (Wildman–Crippen MR) is 119 cm³/mol. The fourth-order valence-corrected chi connectivity index (χ4v) is 3.69. The summed E-state index contributed by atoms with van der Waals surface area (Å²) in [5.74, 6) is -1.05. The Morgan fingerprint density at radius 3 is 2.52 bits per heavy atom. The van der Waals surface area contributed by atoms with Crippen LogP contribution in [0.1, 0.15) is 44.0 Å². The number of aliphatic hydroxyl groups is 1. The fraction of sp³-hybridized carbons (Fsp3) is 0.375. The summed E-state index contributed by atoms with van der Waals surface area (Å²) in [6.45, 7) is 3.56. The number of hydrogen-bond acceptors (Lipinski definition) is 5. The van der Waals surface area contributed by atoms with Crippen molar-refractivity contribution in [1.29, 1.82) is 0 Å². The average Bonchev–Trinajstić information content (AvgIpc) is 2.79. The lowest BCUT2D eigenvalue weighted by Gasteiger charge is -2.31. The molecule has 1 heterocycles. The van der Waals surface area contributed by atoms with Crippen molar-refractivity contribution in [2.45, 2.75) is 50.8 Å². The number of methoxy groups -OCH3 is 1. The van der Waals surface area contributed by atoms with E-state index in [1.54, 1.807) is 19.1 Å². The summed E-state index contributed by atoms with van der Waals surface area (Å²) in [7, 11) is 1.25. The molecule has 1 aromatic heterocycles. The van der Waals surface area contributed by atoms with E-state index in [2.05, 4.69) is 15.0 Å². The van der Waals surface area contributed by atoms with E-state index < -0.39 is 29.9 Å². The van der Waals surface area contributed by atoms with Crippen LogP contribution in [0.5, 0.6) is 5.75 Å². The maximum Gasteiger partial charge on any atom is 0.422 e. The zero-order valence-electron chi connectivity index (χ0n) is 18.5. The second-order valence-corrected chi connectivity index (χ2v) is 7.70. The van der Waals surface area contributed by atoms with Gasteiger partial charge < -0.3 is 9.84 Å². The van der Waals surface area contributed by atoms with Crippen molar-refractivity contribution in [3.63, 3.8) is 0 Å². The van der Waals surface area contributed by atoms with Crippen molar-refractivity contribution in [1.82, 2.24) is 9.97 Å². The van der Waals surface area contributed by atoms with E-state index in [1.165, 1.54) is 37.6 Å². The molecule has 33 heavy (non-hydrogen) atoms.